The average Bonchev–Trinajstić information content (AvgIpc) is 2.69. The molecule has 0 saturated carbocycles. The molecule has 3 aromatic carbocycles. The van der Waals surface area contributed by atoms with Crippen LogP contribution in [-0.2, 0) is 6.54 Å². The smallest absolute Gasteiger partial charge is 0.254 e. The lowest BCUT2D eigenvalue weighted by Gasteiger charge is -2.22. The summed E-state index contributed by atoms with van der Waals surface area (Å²) in [6, 6.07) is 27.8. The van der Waals surface area contributed by atoms with E-state index in [1.807, 2.05) is 66.7 Å². The van der Waals surface area contributed by atoms with Crippen LogP contribution in [0.1, 0.15) is 26.3 Å². The molecule has 3 aromatic rings. The molecule has 0 heterocycles. The van der Waals surface area contributed by atoms with Crippen molar-refractivity contribution in [3.05, 3.63) is 108 Å². The Labute approximate surface area is 147 Å². The quantitative estimate of drug-likeness (QED) is 0.635. The third-order valence-electron chi connectivity index (χ3n) is 3.95. The number of carbonyl (C=O) groups is 2. The molecule has 1 amide bonds. The Balaban J connectivity index is 1.83. The van der Waals surface area contributed by atoms with E-state index in [2.05, 4.69) is 0 Å². The predicted molar refractivity (Wildman–Crippen MR) is 98.4 cm³/mol. The monoisotopic (exact) mass is 329 g/mol. The Hall–Kier alpha value is -3.20. The van der Waals surface area contributed by atoms with E-state index in [9.17, 15) is 9.59 Å². The molecule has 3 rings (SSSR count). The maximum Gasteiger partial charge on any atom is 0.254 e. The van der Waals surface area contributed by atoms with Gasteiger partial charge in [0.25, 0.3) is 5.91 Å². The third-order valence-corrected chi connectivity index (χ3v) is 3.95. The van der Waals surface area contributed by atoms with E-state index in [-0.39, 0.29) is 18.2 Å². The van der Waals surface area contributed by atoms with E-state index in [0.717, 1.165) is 5.56 Å². The first kappa shape index (κ1) is 16.7. The summed E-state index contributed by atoms with van der Waals surface area (Å²) in [5, 5.41) is 0. The van der Waals surface area contributed by atoms with Gasteiger partial charge >= 0.3 is 0 Å². The molecule has 0 fully saturated rings. The van der Waals surface area contributed by atoms with Gasteiger partial charge in [-0.25, -0.2) is 0 Å². The van der Waals surface area contributed by atoms with E-state index in [1.165, 1.54) is 0 Å². The number of ketones is 1. The van der Waals surface area contributed by atoms with Crippen molar-refractivity contribution in [3.63, 3.8) is 0 Å². The summed E-state index contributed by atoms with van der Waals surface area (Å²) in [5.74, 6) is -0.213. The van der Waals surface area contributed by atoms with Gasteiger partial charge in [-0.2, -0.15) is 0 Å². The zero-order valence-electron chi connectivity index (χ0n) is 13.8. The van der Waals surface area contributed by atoms with E-state index in [0.29, 0.717) is 17.7 Å². The third kappa shape index (κ3) is 4.42. The molecule has 0 aromatic heterocycles. The summed E-state index contributed by atoms with van der Waals surface area (Å²) in [7, 11) is 0. The van der Waals surface area contributed by atoms with Crippen LogP contribution in [0.25, 0.3) is 0 Å². The minimum Gasteiger partial charge on any atom is -0.327 e. The molecule has 0 aliphatic carbocycles. The summed E-state index contributed by atoms with van der Waals surface area (Å²) in [6.45, 7) is 0.444. The summed E-state index contributed by atoms with van der Waals surface area (Å²) < 4.78 is 0. The molecule has 0 saturated heterocycles. The summed E-state index contributed by atoms with van der Waals surface area (Å²) in [4.78, 5) is 27.1. The molecule has 0 bridgehead atoms. The molecular weight excluding hydrogens is 310 g/mol. The molecule has 25 heavy (non-hydrogen) atoms. The lowest BCUT2D eigenvalue weighted by atomic mass is 10.1. The van der Waals surface area contributed by atoms with E-state index >= 15 is 0 Å². The normalized spacial score (nSPS) is 10.2. The van der Waals surface area contributed by atoms with Crippen molar-refractivity contribution >= 4 is 11.7 Å². The standard InChI is InChI=1S/C22H19NO2/c24-21(19-12-6-2-7-13-19)17-23(16-18-10-4-1-5-11-18)22(25)20-14-8-3-9-15-20/h1-15H,16-17H2. The molecule has 0 atom stereocenters. The fourth-order valence-electron chi connectivity index (χ4n) is 2.66. The number of benzene rings is 3. The number of carbonyl (C=O) groups excluding carboxylic acids is 2. The average molecular weight is 329 g/mol. The Bertz CT molecular complexity index is 830. The second-order valence-electron chi connectivity index (χ2n) is 5.80. The van der Waals surface area contributed by atoms with Crippen LogP contribution >= 0.6 is 0 Å². The van der Waals surface area contributed by atoms with Crippen molar-refractivity contribution in [2.75, 3.05) is 6.54 Å². The van der Waals surface area contributed by atoms with Crippen molar-refractivity contribution < 1.29 is 9.59 Å². The van der Waals surface area contributed by atoms with Gasteiger partial charge in [-0.1, -0.05) is 78.9 Å². The number of nitrogens with zero attached hydrogens (tertiary/aromatic N) is 1. The Morgan fingerprint density at radius 2 is 1.12 bits per heavy atom. The fourth-order valence-corrected chi connectivity index (χ4v) is 2.66. The highest BCUT2D eigenvalue weighted by molar-refractivity contribution is 6.02. The number of rotatable bonds is 6. The van der Waals surface area contributed by atoms with Crippen LogP contribution in [0.3, 0.4) is 0 Å². The second kappa shape index (κ2) is 8.06. The Morgan fingerprint density at radius 1 is 0.640 bits per heavy atom. The predicted octanol–water partition coefficient (Wildman–Crippen LogP) is 4.21. The molecule has 124 valence electrons. The highest BCUT2D eigenvalue weighted by Crippen LogP contribution is 2.12. The number of hydrogen-bond donors (Lipinski definition) is 0. The van der Waals surface area contributed by atoms with Gasteiger partial charge in [-0.05, 0) is 17.7 Å². The molecule has 0 unspecified atom stereocenters. The van der Waals surface area contributed by atoms with E-state index in [1.54, 1.807) is 29.2 Å². The zero-order valence-corrected chi connectivity index (χ0v) is 13.8. The molecule has 0 radical (unpaired) electrons. The lowest BCUT2D eigenvalue weighted by molar-refractivity contribution is 0.0698. The maximum absolute atomic E-state index is 12.9. The van der Waals surface area contributed by atoms with E-state index in [4.69, 9.17) is 0 Å². The molecule has 0 aliphatic heterocycles. The van der Waals surface area contributed by atoms with Gasteiger partial charge in [0.05, 0.1) is 6.54 Å². The van der Waals surface area contributed by atoms with Gasteiger partial charge in [0.2, 0.25) is 0 Å². The number of Topliss-reactive ketones (excluding diaryl/α,β-unsaturated/α-hetero) is 1. The minimum absolute atomic E-state index is 0.0482. The Morgan fingerprint density at radius 3 is 1.68 bits per heavy atom. The summed E-state index contributed by atoms with van der Waals surface area (Å²) in [6.07, 6.45) is 0. The number of hydrogen-bond acceptors (Lipinski definition) is 2. The van der Waals surface area contributed by atoms with Crippen molar-refractivity contribution in [2.45, 2.75) is 6.54 Å². The van der Waals surface area contributed by atoms with Crippen LogP contribution in [-0.4, -0.2) is 23.1 Å². The Kier molecular flexibility index (Phi) is 5.37. The van der Waals surface area contributed by atoms with Crippen molar-refractivity contribution in [2.24, 2.45) is 0 Å². The van der Waals surface area contributed by atoms with Crippen LogP contribution in [0, 0.1) is 0 Å². The van der Waals surface area contributed by atoms with Gasteiger partial charge in [0.15, 0.2) is 5.78 Å². The largest absolute Gasteiger partial charge is 0.327 e. The summed E-state index contributed by atoms with van der Waals surface area (Å²) in [5.41, 5.74) is 2.19. The van der Waals surface area contributed by atoms with Gasteiger partial charge < -0.3 is 4.90 Å². The minimum atomic E-state index is -0.145. The van der Waals surface area contributed by atoms with Crippen molar-refractivity contribution in [3.8, 4) is 0 Å². The highest BCUT2D eigenvalue weighted by atomic mass is 16.2. The molecule has 0 N–H and O–H groups in total. The molecule has 0 spiro atoms. The topological polar surface area (TPSA) is 37.4 Å². The molecule has 0 aliphatic rings. The zero-order chi connectivity index (χ0) is 17.5. The van der Waals surface area contributed by atoms with Gasteiger partial charge in [-0.3, -0.25) is 9.59 Å². The molecule has 3 heteroatoms. The van der Waals surface area contributed by atoms with Gasteiger partial charge in [0.1, 0.15) is 0 Å². The molecular formula is C22H19NO2. The first-order valence-corrected chi connectivity index (χ1v) is 8.20. The van der Waals surface area contributed by atoms with Crippen LogP contribution < -0.4 is 0 Å². The van der Waals surface area contributed by atoms with Crippen molar-refractivity contribution in [1.29, 1.82) is 0 Å². The van der Waals surface area contributed by atoms with Crippen molar-refractivity contribution in [1.82, 2.24) is 4.90 Å². The van der Waals surface area contributed by atoms with Crippen LogP contribution in [0.5, 0.6) is 0 Å². The highest BCUT2D eigenvalue weighted by Gasteiger charge is 2.19. The first-order chi connectivity index (χ1) is 12.2. The van der Waals surface area contributed by atoms with Crippen LogP contribution in [0.15, 0.2) is 91.0 Å². The second-order valence-corrected chi connectivity index (χ2v) is 5.80. The summed E-state index contributed by atoms with van der Waals surface area (Å²) >= 11 is 0. The van der Waals surface area contributed by atoms with Gasteiger partial charge in [0, 0.05) is 17.7 Å². The van der Waals surface area contributed by atoms with Crippen LogP contribution in [0.2, 0.25) is 0 Å². The SMILES string of the molecule is O=C(CN(Cc1ccccc1)C(=O)c1ccccc1)c1ccccc1. The lowest BCUT2D eigenvalue weighted by Crippen LogP contribution is -2.35. The van der Waals surface area contributed by atoms with Crippen LogP contribution in [0.4, 0.5) is 0 Å². The fraction of sp³-hybridized carbons (Fsp3) is 0.0909. The number of amides is 1. The maximum atomic E-state index is 12.9. The first-order valence-electron chi connectivity index (χ1n) is 8.20. The molecule has 3 nitrogen and oxygen atoms in total. The van der Waals surface area contributed by atoms with Gasteiger partial charge in [-0.15, -0.1) is 0 Å². The van der Waals surface area contributed by atoms with E-state index < -0.39 is 0 Å².